The molecule has 0 bridgehead atoms. The quantitative estimate of drug-likeness (QED) is 0.374. The highest BCUT2D eigenvalue weighted by atomic mass is 16.2. The van der Waals surface area contributed by atoms with E-state index in [2.05, 4.69) is 22.0 Å². The van der Waals surface area contributed by atoms with Crippen LogP contribution in [0.5, 0.6) is 0 Å². The first kappa shape index (κ1) is 23.3. The first-order valence-electron chi connectivity index (χ1n) is 11.4. The van der Waals surface area contributed by atoms with Gasteiger partial charge in [0.2, 0.25) is 5.91 Å². The second-order valence-electron chi connectivity index (χ2n) is 8.68. The molecule has 0 spiro atoms. The average molecular weight is 455 g/mol. The Kier molecular flexibility index (Phi) is 7.13. The van der Waals surface area contributed by atoms with Gasteiger partial charge in [-0.25, -0.2) is 0 Å². The van der Waals surface area contributed by atoms with Crippen LogP contribution in [0.3, 0.4) is 0 Å². The van der Waals surface area contributed by atoms with Crippen molar-refractivity contribution in [1.82, 2.24) is 14.8 Å². The molecule has 3 aromatic rings. The number of anilines is 1. The van der Waals surface area contributed by atoms with E-state index in [1.807, 2.05) is 41.3 Å². The lowest BCUT2D eigenvalue weighted by atomic mass is 9.95. The smallest absolute Gasteiger partial charge is 0.219 e. The molecule has 0 aliphatic carbocycles. The molecule has 1 saturated heterocycles. The molecule has 34 heavy (non-hydrogen) atoms. The normalized spacial score (nSPS) is 14.1. The van der Waals surface area contributed by atoms with Gasteiger partial charge in [-0.3, -0.25) is 20.1 Å². The summed E-state index contributed by atoms with van der Waals surface area (Å²) >= 11 is 0. The molecule has 7 heteroatoms. The summed E-state index contributed by atoms with van der Waals surface area (Å²) in [5.41, 5.74) is 11.6. The maximum absolute atomic E-state index is 11.5. The molecule has 4 N–H and O–H groups in total. The summed E-state index contributed by atoms with van der Waals surface area (Å²) in [6.45, 7) is 5.67. The lowest BCUT2D eigenvalue weighted by molar-refractivity contribution is -0.130. The number of hydrogen-bond donors (Lipinski definition) is 3. The van der Waals surface area contributed by atoms with Crippen LogP contribution < -0.4 is 5.73 Å². The van der Waals surface area contributed by atoms with Crippen LogP contribution in [0, 0.1) is 10.8 Å². The summed E-state index contributed by atoms with van der Waals surface area (Å²) in [6, 6.07) is 17.6. The highest BCUT2D eigenvalue weighted by Gasteiger charge is 2.19. The van der Waals surface area contributed by atoms with Crippen molar-refractivity contribution in [2.24, 2.45) is 0 Å². The fraction of sp³-hybridized carbons (Fsp3) is 0.259. The van der Waals surface area contributed by atoms with E-state index in [0.717, 1.165) is 49.4 Å². The minimum atomic E-state index is 0.133. The number of nitrogens with two attached hydrogens (primary N) is 1. The molecule has 7 nitrogen and oxygen atoms in total. The first-order chi connectivity index (χ1) is 16.4. The number of nitrogens with zero attached hydrogens (tertiary/aromatic N) is 3. The molecule has 4 rings (SSSR count). The topological polar surface area (TPSA) is 110 Å². The van der Waals surface area contributed by atoms with Crippen molar-refractivity contribution in [1.29, 1.82) is 10.8 Å². The van der Waals surface area contributed by atoms with Gasteiger partial charge in [0.1, 0.15) is 0 Å². The Balaban J connectivity index is 1.42. The number of nitrogens with one attached hydrogen (secondary N) is 2. The molecular weight excluding hydrogens is 424 g/mol. The van der Waals surface area contributed by atoms with Crippen LogP contribution in [0.4, 0.5) is 5.69 Å². The van der Waals surface area contributed by atoms with Crippen LogP contribution in [0.2, 0.25) is 0 Å². The molecule has 1 aliphatic rings. The van der Waals surface area contributed by atoms with Crippen molar-refractivity contribution in [2.45, 2.75) is 19.9 Å². The summed E-state index contributed by atoms with van der Waals surface area (Å²) in [6.07, 6.45) is 3.86. The Morgan fingerprint density at radius 1 is 0.971 bits per heavy atom. The van der Waals surface area contributed by atoms with Crippen molar-refractivity contribution >= 4 is 23.0 Å². The van der Waals surface area contributed by atoms with Gasteiger partial charge in [-0.05, 0) is 34.9 Å². The number of rotatable bonds is 7. The van der Waals surface area contributed by atoms with Gasteiger partial charge in [-0.15, -0.1) is 0 Å². The minimum absolute atomic E-state index is 0.133. The third-order valence-corrected chi connectivity index (χ3v) is 6.22. The second kappa shape index (κ2) is 10.4. The summed E-state index contributed by atoms with van der Waals surface area (Å²) in [5.74, 6) is 0.134. The van der Waals surface area contributed by atoms with E-state index in [4.69, 9.17) is 16.6 Å². The third-order valence-electron chi connectivity index (χ3n) is 6.22. The van der Waals surface area contributed by atoms with Crippen LogP contribution in [0.1, 0.15) is 23.6 Å². The molecule has 2 heterocycles. The number of aromatic nitrogens is 1. The largest absolute Gasteiger partial charge is 0.398 e. The molecule has 1 fully saturated rings. The van der Waals surface area contributed by atoms with Crippen molar-refractivity contribution in [3.63, 3.8) is 0 Å². The summed E-state index contributed by atoms with van der Waals surface area (Å²) in [5, 5.41) is 17.2. The van der Waals surface area contributed by atoms with Gasteiger partial charge in [-0.1, -0.05) is 36.4 Å². The molecule has 1 aliphatic heterocycles. The van der Waals surface area contributed by atoms with Crippen LogP contribution >= 0.6 is 0 Å². The maximum Gasteiger partial charge on any atom is 0.219 e. The predicted molar refractivity (Wildman–Crippen MR) is 136 cm³/mol. The average Bonchev–Trinajstić information content (AvgIpc) is 2.85. The number of carbonyl (C=O) groups is 1. The minimum Gasteiger partial charge on any atom is -0.398 e. The third kappa shape index (κ3) is 5.55. The number of piperazine rings is 1. The van der Waals surface area contributed by atoms with Gasteiger partial charge < -0.3 is 16.0 Å². The monoisotopic (exact) mass is 454 g/mol. The van der Waals surface area contributed by atoms with Gasteiger partial charge in [-0.2, -0.15) is 0 Å². The van der Waals surface area contributed by atoms with Crippen molar-refractivity contribution in [2.75, 3.05) is 31.9 Å². The molecule has 1 amide bonds. The molecule has 0 saturated carbocycles. The lowest BCUT2D eigenvalue weighted by Crippen LogP contribution is -2.47. The molecule has 1 aromatic heterocycles. The Morgan fingerprint density at radius 3 is 2.44 bits per heavy atom. The van der Waals surface area contributed by atoms with E-state index in [1.165, 1.54) is 5.56 Å². The van der Waals surface area contributed by atoms with Crippen molar-refractivity contribution < 1.29 is 4.79 Å². The van der Waals surface area contributed by atoms with Crippen molar-refractivity contribution in [3.8, 4) is 11.1 Å². The highest BCUT2D eigenvalue weighted by molar-refractivity contribution is 6.47. The zero-order valence-electron chi connectivity index (χ0n) is 19.4. The van der Waals surface area contributed by atoms with E-state index < -0.39 is 0 Å². The number of hydrogen-bond acceptors (Lipinski definition) is 6. The van der Waals surface area contributed by atoms with E-state index in [9.17, 15) is 4.79 Å². The number of benzene rings is 2. The van der Waals surface area contributed by atoms with Crippen LogP contribution in [0.15, 0.2) is 67.0 Å². The summed E-state index contributed by atoms with van der Waals surface area (Å²) in [7, 11) is 0. The van der Waals surface area contributed by atoms with Gasteiger partial charge >= 0.3 is 0 Å². The zero-order valence-corrected chi connectivity index (χ0v) is 19.4. The highest BCUT2D eigenvalue weighted by Crippen LogP contribution is 2.24. The molecule has 0 unspecified atom stereocenters. The van der Waals surface area contributed by atoms with Crippen molar-refractivity contribution in [3.05, 3.63) is 83.7 Å². The maximum atomic E-state index is 11.5. The number of amides is 1. The predicted octanol–water partition coefficient (Wildman–Crippen LogP) is 3.63. The molecular formula is C27H30N6O. The SMILES string of the molecule is CC(=O)N1CCN(Cc2cccc(CC(=N)C(=N)c3cc(-c4cccnc4)ccc3N)c2)CC1. The van der Waals surface area contributed by atoms with Gasteiger partial charge in [0.05, 0.1) is 11.4 Å². The van der Waals surface area contributed by atoms with Crippen LogP contribution in [-0.2, 0) is 17.8 Å². The second-order valence-corrected chi connectivity index (χ2v) is 8.68. The van der Waals surface area contributed by atoms with Gasteiger partial charge in [0, 0.05) is 75.3 Å². The Morgan fingerprint density at radius 2 is 1.74 bits per heavy atom. The Bertz CT molecular complexity index is 1200. The fourth-order valence-corrected chi connectivity index (χ4v) is 4.26. The van der Waals surface area contributed by atoms with E-state index in [-0.39, 0.29) is 17.3 Å². The molecule has 174 valence electrons. The van der Waals surface area contributed by atoms with E-state index in [1.54, 1.807) is 25.4 Å². The van der Waals surface area contributed by atoms with Gasteiger partial charge in [0.25, 0.3) is 0 Å². The van der Waals surface area contributed by atoms with Crippen LogP contribution in [0.25, 0.3) is 11.1 Å². The van der Waals surface area contributed by atoms with Gasteiger partial charge in [0.15, 0.2) is 0 Å². The Labute approximate surface area is 200 Å². The first-order valence-corrected chi connectivity index (χ1v) is 11.4. The van der Waals surface area contributed by atoms with Crippen LogP contribution in [-0.4, -0.2) is 58.3 Å². The molecule has 0 radical (unpaired) electrons. The number of nitrogen functional groups attached to an aromatic ring is 1. The molecule has 0 atom stereocenters. The zero-order chi connectivity index (χ0) is 24.1. The standard InChI is InChI=1S/C27H30N6O/c1-19(34)33-12-10-32(11-13-33)18-21-5-2-4-20(14-21)15-26(29)27(30)24-16-22(7-8-25(24)28)23-6-3-9-31-17-23/h2-9,14,16-17,29-30H,10-13,15,18,28H2,1H3. The molecule has 2 aromatic carbocycles. The summed E-state index contributed by atoms with van der Waals surface area (Å²) < 4.78 is 0. The summed E-state index contributed by atoms with van der Waals surface area (Å²) in [4.78, 5) is 19.9. The Hall–Kier alpha value is -3.84. The fourth-order valence-electron chi connectivity index (χ4n) is 4.26. The number of pyridine rings is 1. The number of carbonyl (C=O) groups excluding carboxylic acids is 1. The van der Waals surface area contributed by atoms with E-state index in [0.29, 0.717) is 17.7 Å². The van der Waals surface area contributed by atoms with E-state index >= 15 is 0 Å². The lowest BCUT2D eigenvalue weighted by Gasteiger charge is -2.34.